The van der Waals surface area contributed by atoms with Crippen LogP contribution < -0.4 is 5.32 Å². The average Bonchev–Trinajstić information content (AvgIpc) is 2.44. The van der Waals surface area contributed by atoms with Gasteiger partial charge in [0.15, 0.2) is 0 Å². The first-order chi connectivity index (χ1) is 9.42. The molecule has 0 aromatic rings. The van der Waals surface area contributed by atoms with E-state index in [1.807, 2.05) is 0 Å². The van der Waals surface area contributed by atoms with Crippen molar-refractivity contribution in [3.8, 4) is 0 Å². The summed E-state index contributed by atoms with van der Waals surface area (Å²) in [4.78, 5) is 25.0. The van der Waals surface area contributed by atoms with Crippen LogP contribution in [0.5, 0.6) is 0 Å². The van der Waals surface area contributed by atoms with E-state index in [-0.39, 0.29) is 19.2 Å². The van der Waals surface area contributed by atoms with Crippen LogP contribution in [0.4, 0.5) is 4.79 Å². The number of piperidine rings is 1. The van der Waals surface area contributed by atoms with Crippen molar-refractivity contribution in [2.24, 2.45) is 11.3 Å². The summed E-state index contributed by atoms with van der Waals surface area (Å²) in [5.74, 6) is -0.548. The maximum absolute atomic E-state index is 12.1. The minimum Gasteiger partial charge on any atom is -0.481 e. The molecule has 0 saturated carbocycles. The molecule has 20 heavy (non-hydrogen) atoms. The molecule has 6 heteroatoms. The molecule has 0 aliphatic carbocycles. The van der Waals surface area contributed by atoms with E-state index in [9.17, 15) is 14.7 Å². The Labute approximate surface area is 120 Å². The first kappa shape index (κ1) is 16.8. The highest BCUT2D eigenvalue weighted by molar-refractivity contribution is 5.78. The number of aliphatic hydroxyl groups excluding tert-OH is 1. The molecule has 0 radical (unpaired) electrons. The Bertz CT molecular complexity index is 346. The van der Waals surface area contributed by atoms with Gasteiger partial charge in [-0.1, -0.05) is 6.92 Å². The number of carboxylic acid groups (broad SMARTS) is 1. The summed E-state index contributed by atoms with van der Waals surface area (Å²) >= 11 is 0. The standard InChI is InChI=1S/C14H26N2O4/c1-3-14(2,12(18)19)10-15-13(20)16-7-4-5-11(9-16)6-8-17/h11,17H,3-10H2,1-2H3,(H,15,20)(H,18,19). The largest absolute Gasteiger partial charge is 0.481 e. The monoisotopic (exact) mass is 286 g/mol. The Morgan fingerprint density at radius 2 is 2.15 bits per heavy atom. The molecule has 1 aliphatic rings. The first-order valence-electron chi connectivity index (χ1n) is 7.30. The third-order valence-corrected chi connectivity index (χ3v) is 4.27. The van der Waals surface area contributed by atoms with E-state index in [0.29, 0.717) is 31.8 Å². The average molecular weight is 286 g/mol. The first-order valence-corrected chi connectivity index (χ1v) is 7.30. The van der Waals surface area contributed by atoms with Crippen LogP contribution in [0.2, 0.25) is 0 Å². The fourth-order valence-electron chi connectivity index (χ4n) is 2.40. The molecule has 116 valence electrons. The number of likely N-dealkylation sites (tertiary alicyclic amines) is 1. The van der Waals surface area contributed by atoms with Crippen LogP contribution in [0.3, 0.4) is 0 Å². The van der Waals surface area contributed by atoms with Crippen LogP contribution in [0.15, 0.2) is 0 Å². The van der Waals surface area contributed by atoms with Crippen molar-refractivity contribution in [2.75, 3.05) is 26.2 Å². The van der Waals surface area contributed by atoms with Gasteiger partial charge in [0.1, 0.15) is 0 Å². The second-order valence-corrected chi connectivity index (χ2v) is 5.84. The van der Waals surface area contributed by atoms with E-state index in [2.05, 4.69) is 5.32 Å². The molecule has 2 amide bonds. The molecule has 0 aromatic carbocycles. The number of amides is 2. The van der Waals surface area contributed by atoms with Gasteiger partial charge in [-0.25, -0.2) is 4.79 Å². The zero-order chi connectivity index (χ0) is 15.2. The van der Waals surface area contributed by atoms with Gasteiger partial charge >= 0.3 is 12.0 Å². The van der Waals surface area contributed by atoms with Crippen molar-refractivity contribution >= 4 is 12.0 Å². The van der Waals surface area contributed by atoms with Crippen LogP contribution in [0.1, 0.15) is 39.5 Å². The maximum Gasteiger partial charge on any atom is 0.317 e. The topological polar surface area (TPSA) is 89.9 Å². The van der Waals surface area contributed by atoms with Crippen molar-refractivity contribution < 1.29 is 19.8 Å². The van der Waals surface area contributed by atoms with Crippen molar-refractivity contribution in [3.63, 3.8) is 0 Å². The highest BCUT2D eigenvalue weighted by Crippen LogP contribution is 2.21. The molecule has 3 N–H and O–H groups in total. The molecular formula is C14H26N2O4. The number of carboxylic acids is 1. The lowest BCUT2D eigenvalue weighted by Gasteiger charge is -2.33. The second kappa shape index (κ2) is 7.47. The molecule has 1 saturated heterocycles. The van der Waals surface area contributed by atoms with Crippen LogP contribution >= 0.6 is 0 Å². The maximum atomic E-state index is 12.1. The molecule has 1 fully saturated rings. The van der Waals surface area contributed by atoms with Gasteiger partial charge in [-0.2, -0.15) is 0 Å². The minimum atomic E-state index is -0.921. The van der Waals surface area contributed by atoms with Gasteiger partial charge in [-0.05, 0) is 38.5 Å². The summed E-state index contributed by atoms with van der Waals surface area (Å²) in [5, 5.41) is 20.9. The summed E-state index contributed by atoms with van der Waals surface area (Å²) in [6.45, 7) is 5.07. The lowest BCUT2D eigenvalue weighted by molar-refractivity contribution is -0.147. The van der Waals surface area contributed by atoms with Gasteiger partial charge in [0.25, 0.3) is 0 Å². The summed E-state index contributed by atoms with van der Waals surface area (Å²) in [6.07, 6.45) is 3.15. The second-order valence-electron chi connectivity index (χ2n) is 5.84. The summed E-state index contributed by atoms with van der Waals surface area (Å²) in [5.41, 5.74) is -0.921. The highest BCUT2D eigenvalue weighted by atomic mass is 16.4. The van der Waals surface area contributed by atoms with Gasteiger partial charge in [0, 0.05) is 26.2 Å². The number of hydrogen-bond donors (Lipinski definition) is 3. The third kappa shape index (κ3) is 4.37. The smallest absolute Gasteiger partial charge is 0.317 e. The molecule has 2 unspecified atom stereocenters. The molecule has 2 atom stereocenters. The van der Waals surface area contributed by atoms with Gasteiger partial charge in [-0.15, -0.1) is 0 Å². The predicted molar refractivity (Wildman–Crippen MR) is 75.4 cm³/mol. The summed E-state index contributed by atoms with van der Waals surface area (Å²) < 4.78 is 0. The van der Waals surface area contributed by atoms with Crippen LogP contribution in [0.25, 0.3) is 0 Å². The van der Waals surface area contributed by atoms with Gasteiger partial charge in [0.2, 0.25) is 0 Å². The molecule has 1 heterocycles. The number of aliphatic carboxylic acids is 1. The van der Waals surface area contributed by atoms with Crippen LogP contribution in [-0.2, 0) is 4.79 Å². The van der Waals surface area contributed by atoms with E-state index < -0.39 is 11.4 Å². The van der Waals surface area contributed by atoms with E-state index in [1.165, 1.54) is 0 Å². The van der Waals surface area contributed by atoms with E-state index in [0.717, 1.165) is 12.8 Å². The molecule has 1 aliphatic heterocycles. The Kier molecular flexibility index (Phi) is 6.26. The fourth-order valence-corrected chi connectivity index (χ4v) is 2.40. The third-order valence-electron chi connectivity index (χ3n) is 4.27. The van der Waals surface area contributed by atoms with Crippen LogP contribution in [-0.4, -0.2) is 53.4 Å². The lowest BCUT2D eigenvalue weighted by atomic mass is 9.88. The number of hydrogen-bond acceptors (Lipinski definition) is 3. The summed E-state index contributed by atoms with van der Waals surface area (Å²) in [6, 6.07) is -0.200. The highest BCUT2D eigenvalue weighted by Gasteiger charge is 2.32. The quantitative estimate of drug-likeness (QED) is 0.686. The van der Waals surface area contributed by atoms with Crippen LogP contribution in [0, 0.1) is 11.3 Å². The van der Waals surface area contributed by atoms with Gasteiger partial charge in [0.05, 0.1) is 5.41 Å². The van der Waals surface area contributed by atoms with Crippen molar-refractivity contribution in [3.05, 3.63) is 0 Å². The van der Waals surface area contributed by atoms with Gasteiger partial charge in [-0.3, -0.25) is 4.79 Å². The number of carbonyl (C=O) groups is 2. The molecule has 6 nitrogen and oxygen atoms in total. The number of aliphatic hydroxyl groups is 1. The molecule has 1 rings (SSSR count). The number of urea groups is 1. The normalized spacial score (nSPS) is 22.1. The van der Waals surface area contributed by atoms with E-state index in [1.54, 1.807) is 18.7 Å². The number of carbonyl (C=O) groups excluding carboxylic acids is 1. The van der Waals surface area contributed by atoms with Crippen molar-refractivity contribution in [2.45, 2.75) is 39.5 Å². The number of rotatable bonds is 6. The zero-order valence-electron chi connectivity index (χ0n) is 12.4. The lowest BCUT2D eigenvalue weighted by Crippen LogP contribution is -2.49. The minimum absolute atomic E-state index is 0.138. The Balaban J connectivity index is 2.48. The molecule has 0 bridgehead atoms. The number of nitrogens with one attached hydrogen (secondary N) is 1. The Morgan fingerprint density at radius 1 is 1.45 bits per heavy atom. The number of nitrogens with zero attached hydrogens (tertiary/aromatic N) is 1. The predicted octanol–water partition coefficient (Wildman–Crippen LogP) is 1.29. The van der Waals surface area contributed by atoms with Crippen molar-refractivity contribution in [1.29, 1.82) is 0 Å². The molecule has 0 spiro atoms. The zero-order valence-corrected chi connectivity index (χ0v) is 12.4. The fraction of sp³-hybridized carbons (Fsp3) is 0.857. The SMILES string of the molecule is CCC(C)(CNC(=O)N1CCCC(CCO)C1)C(=O)O. The Hall–Kier alpha value is -1.30. The van der Waals surface area contributed by atoms with Crippen molar-refractivity contribution in [1.82, 2.24) is 10.2 Å². The van der Waals surface area contributed by atoms with E-state index >= 15 is 0 Å². The molecule has 0 aromatic heterocycles. The van der Waals surface area contributed by atoms with E-state index in [4.69, 9.17) is 5.11 Å². The van der Waals surface area contributed by atoms with Gasteiger partial charge < -0.3 is 20.4 Å². The molecular weight excluding hydrogens is 260 g/mol. The Morgan fingerprint density at radius 3 is 2.70 bits per heavy atom. The summed E-state index contributed by atoms with van der Waals surface area (Å²) in [7, 11) is 0.